The predicted molar refractivity (Wildman–Crippen MR) is 72.2 cm³/mol. The fourth-order valence-electron chi connectivity index (χ4n) is 1.46. The van der Waals surface area contributed by atoms with E-state index < -0.39 is 0 Å². The van der Waals surface area contributed by atoms with Crippen molar-refractivity contribution in [2.75, 3.05) is 7.05 Å². The molecule has 0 atom stereocenters. The number of nitrogens with one attached hydrogen (secondary N) is 2. The Labute approximate surface area is 109 Å². The summed E-state index contributed by atoms with van der Waals surface area (Å²) in [5, 5.41) is 15.9. The van der Waals surface area contributed by atoms with Gasteiger partial charge in [-0.15, -0.1) is 0 Å². The third-order valence-corrected chi connectivity index (χ3v) is 3.25. The van der Waals surface area contributed by atoms with E-state index in [9.17, 15) is 5.11 Å². The number of halogens is 1. The largest absolute Gasteiger partial charge is 0.507 e. The Hall–Kier alpha value is -1.23. The molecule has 0 saturated heterocycles. The highest BCUT2D eigenvalue weighted by Gasteiger charge is 2.21. The Morgan fingerprint density at radius 1 is 1.53 bits per heavy atom. The van der Waals surface area contributed by atoms with Crippen molar-refractivity contribution in [3.8, 4) is 5.75 Å². The lowest BCUT2D eigenvalue weighted by Crippen LogP contribution is -2.38. The molecule has 1 saturated carbocycles. The minimum absolute atomic E-state index is 0.259. The summed E-state index contributed by atoms with van der Waals surface area (Å²) in [4.78, 5) is 4.16. The molecule has 5 heteroatoms. The lowest BCUT2D eigenvalue weighted by Gasteiger charge is -2.11. The highest BCUT2D eigenvalue weighted by Crippen LogP contribution is 2.24. The summed E-state index contributed by atoms with van der Waals surface area (Å²) in [6.45, 7) is 0.686. The standard InChI is InChI=1S/C12H16BrN3O/c1-14-12(16-9-3-4-9)15-7-8-2-5-11(17)10(13)6-8/h2,5-6,9,17H,3-4,7H2,1H3,(H2,14,15,16). The van der Waals surface area contributed by atoms with Crippen molar-refractivity contribution >= 4 is 21.9 Å². The van der Waals surface area contributed by atoms with Gasteiger partial charge >= 0.3 is 0 Å². The maximum absolute atomic E-state index is 9.39. The van der Waals surface area contributed by atoms with Crippen molar-refractivity contribution in [3.63, 3.8) is 0 Å². The predicted octanol–water partition coefficient (Wildman–Crippen LogP) is 1.98. The summed E-state index contributed by atoms with van der Waals surface area (Å²) in [5.41, 5.74) is 1.09. The molecule has 17 heavy (non-hydrogen) atoms. The van der Waals surface area contributed by atoms with E-state index in [1.54, 1.807) is 13.1 Å². The van der Waals surface area contributed by atoms with Crippen LogP contribution < -0.4 is 10.6 Å². The van der Waals surface area contributed by atoms with Crippen LogP contribution in [0.4, 0.5) is 0 Å². The van der Waals surface area contributed by atoms with Gasteiger partial charge in [0.25, 0.3) is 0 Å². The average molecular weight is 298 g/mol. The van der Waals surface area contributed by atoms with Crippen LogP contribution in [0.15, 0.2) is 27.7 Å². The molecule has 0 bridgehead atoms. The van der Waals surface area contributed by atoms with Crippen molar-refractivity contribution in [1.82, 2.24) is 10.6 Å². The van der Waals surface area contributed by atoms with Gasteiger partial charge in [0.1, 0.15) is 5.75 Å². The fourth-order valence-corrected chi connectivity index (χ4v) is 1.89. The third kappa shape index (κ3) is 3.63. The smallest absolute Gasteiger partial charge is 0.191 e. The van der Waals surface area contributed by atoms with Gasteiger partial charge in [-0.1, -0.05) is 6.07 Å². The van der Waals surface area contributed by atoms with E-state index in [1.165, 1.54) is 12.8 Å². The van der Waals surface area contributed by atoms with Gasteiger partial charge in [0.05, 0.1) is 4.47 Å². The number of rotatable bonds is 3. The number of aliphatic imine (C=N–C) groups is 1. The Kier molecular flexibility index (Phi) is 3.89. The molecule has 0 unspecified atom stereocenters. The summed E-state index contributed by atoms with van der Waals surface area (Å²) < 4.78 is 0.710. The summed E-state index contributed by atoms with van der Waals surface area (Å²) in [7, 11) is 1.77. The van der Waals surface area contributed by atoms with Crippen molar-refractivity contribution < 1.29 is 5.11 Å². The maximum atomic E-state index is 9.39. The third-order valence-electron chi connectivity index (χ3n) is 2.61. The number of phenolic OH excluding ortho intramolecular Hbond substituents is 1. The van der Waals surface area contributed by atoms with E-state index in [2.05, 4.69) is 31.6 Å². The molecule has 0 aliphatic heterocycles. The van der Waals surface area contributed by atoms with E-state index in [1.807, 2.05) is 12.1 Å². The van der Waals surface area contributed by atoms with Crippen LogP contribution >= 0.6 is 15.9 Å². The second kappa shape index (κ2) is 5.40. The van der Waals surface area contributed by atoms with E-state index in [0.29, 0.717) is 17.1 Å². The molecule has 0 aromatic heterocycles. The molecule has 0 radical (unpaired) electrons. The first-order valence-electron chi connectivity index (χ1n) is 5.63. The minimum atomic E-state index is 0.259. The van der Waals surface area contributed by atoms with Gasteiger partial charge in [-0.05, 0) is 46.5 Å². The molecule has 1 aliphatic rings. The first-order chi connectivity index (χ1) is 8.19. The van der Waals surface area contributed by atoms with E-state index >= 15 is 0 Å². The zero-order valence-electron chi connectivity index (χ0n) is 9.70. The molecule has 2 rings (SSSR count). The SMILES string of the molecule is CN=C(NCc1ccc(O)c(Br)c1)NC1CC1. The van der Waals surface area contributed by atoms with Crippen molar-refractivity contribution in [2.45, 2.75) is 25.4 Å². The molecule has 0 spiro atoms. The molecular weight excluding hydrogens is 282 g/mol. The maximum Gasteiger partial charge on any atom is 0.191 e. The topological polar surface area (TPSA) is 56.7 Å². The Balaban J connectivity index is 1.89. The van der Waals surface area contributed by atoms with Gasteiger partial charge in [0, 0.05) is 19.6 Å². The zero-order chi connectivity index (χ0) is 12.3. The van der Waals surface area contributed by atoms with Crippen molar-refractivity contribution in [1.29, 1.82) is 0 Å². The summed E-state index contributed by atoms with van der Waals surface area (Å²) >= 11 is 3.30. The van der Waals surface area contributed by atoms with E-state index in [-0.39, 0.29) is 5.75 Å². The van der Waals surface area contributed by atoms with Crippen LogP contribution in [0.3, 0.4) is 0 Å². The minimum Gasteiger partial charge on any atom is -0.507 e. The van der Waals surface area contributed by atoms with Gasteiger partial charge < -0.3 is 15.7 Å². The number of nitrogens with zero attached hydrogens (tertiary/aromatic N) is 1. The van der Waals surface area contributed by atoms with Crippen molar-refractivity contribution in [2.24, 2.45) is 4.99 Å². The Morgan fingerprint density at radius 3 is 2.88 bits per heavy atom. The van der Waals surface area contributed by atoms with E-state index in [4.69, 9.17) is 0 Å². The second-order valence-corrected chi connectivity index (χ2v) is 4.98. The summed E-state index contributed by atoms with van der Waals surface area (Å²) in [6.07, 6.45) is 2.46. The number of benzene rings is 1. The van der Waals surface area contributed by atoms with Gasteiger partial charge in [0.2, 0.25) is 0 Å². The van der Waals surface area contributed by atoms with Gasteiger partial charge in [-0.25, -0.2) is 0 Å². The fraction of sp³-hybridized carbons (Fsp3) is 0.417. The van der Waals surface area contributed by atoms with Crippen LogP contribution in [0.2, 0.25) is 0 Å². The average Bonchev–Trinajstić information content (AvgIpc) is 3.12. The number of hydrogen-bond acceptors (Lipinski definition) is 2. The highest BCUT2D eigenvalue weighted by atomic mass is 79.9. The van der Waals surface area contributed by atoms with Gasteiger partial charge in [-0.3, -0.25) is 4.99 Å². The molecular formula is C12H16BrN3O. The lowest BCUT2D eigenvalue weighted by atomic mass is 10.2. The molecule has 1 fully saturated rings. The monoisotopic (exact) mass is 297 g/mol. The van der Waals surface area contributed by atoms with Crippen LogP contribution in [0.1, 0.15) is 18.4 Å². The summed E-state index contributed by atoms with van der Waals surface area (Å²) in [6, 6.07) is 6.05. The molecule has 0 amide bonds. The molecule has 1 aromatic carbocycles. The van der Waals surface area contributed by atoms with Crippen LogP contribution in [-0.4, -0.2) is 24.2 Å². The molecule has 92 valence electrons. The molecule has 1 aromatic rings. The highest BCUT2D eigenvalue weighted by molar-refractivity contribution is 9.10. The molecule has 1 aliphatic carbocycles. The number of phenols is 1. The molecule has 0 heterocycles. The zero-order valence-corrected chi connectivity index (χ0v) is 11.3. The van der Waals surface area contributed by atoms with E-state index in [0.717, 1.165) is 11.5 Å². The normalized spacial score (nSPS) is 15.8. The summed E-state index contributed by atoms with van der Waals surface area (Å²) in [5.74, 6) is 1.09. The second-order valence-electron chi connectivity index (χ2n) is 4.13. The van der Waals surface area contributed by atoms with Crippen molar-refractivity contribution in [3.05, 3.63) is 28.2 Å². The quantitative estimate of drug-likeness (QED) is 0.591. The van der Waals surface area contributed by atoms with Crippen LogP contribution in [0, 0.1) is 0 Å². The molecule has 4 nitrogen and oxygen atoms in total. The first-order valence-corrected chi connectivity index (χ1v) is 6.43. The van der Waals surface area contributed by atoms with Crippen LogP contribution in [0.25, 0.3) is 0 Å². The number of hydrogen-bond donors (Lipinski definition) is 3. The van der Waals surface area contributed by atoms with Gasteiger partial charge in [0.15, 0.2) is 5.96 Å². The van der Waals surface area contributed by atoms with Gasteiger partial charge in [-0.2, -0.15) is 0 Å². The number of guanidine groups is 1. The number of aromatic hydroxyl groups is 1. The first kappa shape index (κ1) is 12.2. The lowest BCUT2D eigenvalue weighted by molar-refractivity contribution is 0.471. The molecule has 3 N–H and O–H groups in total. The van der Waals surface area contributed by atoms with Crippen LogP contribution in [0.5, 0.6) is 5.75 Å². The Bertz CT molecular complexity index is 430. The Morgan fingerprint density at radius 2 is 2.29 bits per heavy atom. The van der Waals surface area contributed by atoms with Crippen LogP contribution in [-0.2, 0) is 6.54 Å².